The molecule has 2 atom stereocenters. The molecule has 6 nitrogen and oxygen atoms in total. The number of aromatic nitrogens is 3. The van der Waals surface area contributed by atoms with Crippen molar-refractivity contribution < 1.29 is 17.9 Å². The number of hydrogen-bond acceptors (Lipinski definition) is 5. The lowest BCUT2D eigenvalue weighted by Gasteiger charge is -2.15. The molecule has 2 aromatic carbocycles. The van der Waals surface area contributed by atoms with Gasteiger partial charge in [-0.15, -0.1) is 0 Å². The van der Waals surface area contributed by atoms with Crippen LogP contribution < -0.4 is 0 Å². The first-order valence-electron chi connectivity index (χ1n) is 9.44. The highest BCUT2D eigenvalue weighted by Crippen LogP contribution is 2.42. The second-order valence-electron chi connectivity index (χ2n) is 7.50. The standard InChI is InChI=1S/C22H18FN3O3S/c1-30(28,29)21-8-7-14(12-24-21)15-9-19-17(10-16(15)23)25-22-20(27)11-18(26(19)22)13-5-3-2-4-6-13/h2-10,12,18,20,27H,11H2,1H3/t18?,20-/m1/s1. The van der Waals surface area contributed by atoms with E-state index < -0.39 is 21.8 Å². The number of rotatable bonds is 3. The highest BCUT2D eigenvalue weighted by atomic mass is 32.2. The van der Waals surface area contributed by atoms with Crippen LogP contribution in [0.2, 0.25) is 0 Å². The van der Waals surface area contributed by atoms with Crippen LogP contribution in [-0.2, 0) is 9.84 Å². The Morgan fingerprint density at radius 3 is 2.57 bits per heavy atom. The molecule has 1 unspecified atom stereocenters. The van der Waals surface area contributed by atoms with Gasteiger partial charge < -0.3 is 9.67 Å². The highest BCUT2D eigenvalue weighted by Gasteiger charge is 2.34. The van der Waals surface area contributed by atoms with Gasteiger partial charge in [0.25, 0.3) is 0 Å². The summed E-state index contributed by atoms with van der Waals surface area (Å²) in [6.07, 6.45) is 2.20. The Bertz CT molecular complexity index is 1370. The van der Waals surface area contributed by atoms with Crippen LogP contribution in [0.4, 0.5) is 4.39 Å². The van der Waals surface area contributed by atoms with Gasteiger partial charge in [0.2, 0.25) is 0 Å². The van der Waals surface area contributed by atoms with Crippen molar-refractivity contribution in [2.24, 2.45) is 0 Å². The Morgan fingerprint density at radius 1 is 1.13 bits per heavy atom. The van der Waals surface area contributed by atoms with Gasteiger partial charge in [0.05, 0.1) is 17.1 Å². The quantitative estimate of drug-likeness (QED) is 0.544. The van der Waals surface area contributed by atoms with Crippen molar-refractivity contribution in [3.63, 3.8) is 0 Å². The maximum Gasteiger partial charge on any atom is 0.192 e. The van der Waals surface area contributed by atoms with Gasteiger partial charge in [0, 0.05) is 36.1 Å². The van der Waals surface area contributed by atoms with E-state index in [0.717, 1.165) is 11.8 Å². The number of benzene rings is 2. The maximum absolute atomic E-state index is 14.9. The monoisotopic (exact) mass is 423 g/mol. The van der Waals surface area contributed by atoms with Gasteiger partial charge in [0.1, 0.15) is 17.7 Å². The molecular weight excluding hydrogens is 405 g/mol. The second-order valence-corrected chi connectivity index (χ2v) is 9.46. The molecule has 1 N–H and O–H groups in total. The van der Waals surface area contributed by atoms with Crippen molar-refractivity contribution in [2.75, 3.05) is 6.26 Å². The van der Waals surface area contributed by atoms with Gasteiger partial charge in [0.15, 0.2) is 14.9 Å². The Morgan fingerprint density at radius 2 is 1.90 bits per heavy atom. The van der Waals surface area contributed by atoms with Gasteiger partial charge in [-0.05, 0) is 23.8 Å². The lowest BCUT2D eigenvalue weighted by molar-refractivity contribution is 0.172. The summed E-state index contributed by atoms with van der Waals surface area (Å²) in [5, 5.41) is 10.5. The molecule has 3 heterocycles. The number of aliphatic hydroxyl groups is 1. The Balaban J connectivity index is 1.67. The van der Waals surface area contributed by atoms with Crippen molar-refractivity contribution in [2.45, 2.75) is 23.6 Å². The van der Waals surface area contributed by atoms with Crippen molar-refractivity contribution in [3.8, 4) is 11.1 Å². The van der Waals surface area contributed by atoms with Crippen LogP contribution in [0, 0.1) is 5.82 Å². The van der Waals surface area contributed by atoms with E-state index >= 15 is 0 Å². The van der Waals surface area contributed by atoms with E-state index in [0.29, 0.717) is 34.4 Å². The highest BCUT2D eigenvalue weighted by molar-refractivity contribution is 7.90. The molecule has 2 aromatic heterocycles. The number of aliphatic hydroxyl groups excluding tert-OH is 1. The van der Waals surface area contributed by atoms with Gasteiger partial charge in [-0.2, -0.15) is 0 Å². The third-order valence-corrected chi connectivity index (χ3v) is 6.47. The van der Waals surface area contributed by atoms with E-state index in [1.54, 1.807) is 12.1 Å². The second kappa shape index (κ2) is 6.72. The third-order valence-electron chi connectivity index (χ3n) is 5.47. The molecule has 0 radical (unpaired) electrons. The SMILES string of the molecule is CS(=O)(=O)c1ccc(-c2cc3c(cc2F)nc2n3C(c3ccccc3)C[C@H]2O)cn1. The van der Waals surface area contributed by atoms with Crippen LogP contribution in [0.5, 0.6) is 0 Å². The molecule has 1 aliphatic rings. The third kappa shape index (κ3) is 3.00. The summed E-state index contributed by atoms with van der Waals surface area (Å²) in [5.41, 5.74) is 2.98. The topological polar surface area (TPSA) is 85.1 Å². The molecule has 152 valence electrons. The summed E-state index contributed by atoms with van der Waals surface area (Å²) in [6.45, 7) is 0. The smallest absolute Gasteiger partial charge is 0.192 e. The largest absolute Gasteiger partial charge is 0.385 e. The normalized spacial score (nSPS) is 18.6. The van der Waals surface area contributed by atoms with Crippen molar-refractivity contribution in [1.82, 2.24) is 14.5 Å². The molecule has 0 bridgehead atoms. The summed E-state index contributed by atoms with van der Waals surface area (Å²) in [6, 6.07) is 15.6. The lowest BCUT2D eigenvalue weighted by atomic mass is 10.0. The number of fused-ring (bicyclic) bond motifs is 3. The predicted octanol–water partition coefficient (Wildman–Crippen LogP) is 3.67. The molecule has 0 saturated heterocycles. The zero-order valence-electron chi connectivity index (χ0n) is 16.0. The lowest BCUT2D eigenvalue weighted by Crippen LogP contribution is -2.05. The number of hydrogen-bond donors (Lipinski definition) is 1. The molecule has 0 spiro atoms. The van der Waals surface area contributed by atoms with Crippen LogP contribution in [0.15, 0.2) is 65.8 Å². The fraction of sp³-hybridized carbons (Fsp3) is 0.182. The van der Waals surface area contributed by atoms with Crippen LogP contribution in [-0.4, -0.2) is 34.3 Å². The molecule has 0 amide bonds. The van der Waals surface area contributed by atoms with E-state index in [-0.39, 0.29) is 11.1 Å². The number of halogens is 1. The summed E-state index contributed by atoms with van der Waals surface area (Å²) in [5.74, 6) is 0.0277. The Kier molecular flexibility index (Phi) is 4.23. The zero-order chi connectivity index (χ0) is 21.0. The molecule has 5 rings (SSSR count). The zero-order valence-corrected chi connectivity index (χ0v) is 16.8. The fourth-order valence-electron chi connectivity index (χ4n) is 4.06. The Labute approximate surface area is 172 Å². The van der Waals surface area contributed by atoms with Gasteiger partial charge in [-0.1, -0.05) is 30.3 Å². The minimum Gasteiger partial charge on any atom is -0.385 e. The van der Waals surface area contributed by atoms with Crippen LogP contribution in [0.1, 0.15) is 30.0 Å². The molecule has 0 fully saturated rings. The predicted molar refractivity (Wildman–Crippen MR) is 110 cm³/mol. The molecule has 1 aliphatic heterocycles. The minimum atomic E-state index is -3.44. The van der Waals surface area contributed by atoms with Gasteiger partial charge in [-0.25, -0.2) is 22.8 Å². The minimum absolute atomic E-state index is 0.0646. The van der Waals surface area contributed by atoms with Crippen molar-refractivity contribution in [1.29, 1.82) is 0 Å². The van der Waals surface area contributed by atoms with Crippen LogP contribution in [0.3, 0.4) is 0 Å². The van der Waals surface area contributed by atoms with E-state index in [9.17, 15) is 17.9 Å². The van der Waals surface area contributed by atoms with Crippen molar-refractivity contribution >= 4 is 20.9 Å². The fourth-order valence-corrected chi connectivity index (χ4v) is 4.62. The maximum atomic E-state index is 14.9. The molecule has 8 heteroatoms. The van der Waals surface area contributed by atoms with Gasteiger partial charge in [-0.3, -0.25) is 0 Å². The summed E-state index contributed by atoms with van der Waals surface area (Å²) in [4.78, 5) is 8.44. The summed E-state index contributed by atoms with van der Waals surface area (Å²) in [7, 11) is -3.44. The van der Waals surface area contributed by atoms with E-state index in [4.69, 9.17) is 0 Å². The average Bonchev–Trinajstić information content (AvgIpc) is 3.24. The molecule has 4 aromatic rings. The molecule has 0 saturated carbocycles. The first-order valence-corrected chi connectivity index (χ1v) is 11.3. The molecule has 30 heavy (non-hydrogen) atoms. The van der Waals surface area contributed by atoms with E-state index in [1.807, 2.05) is 34.9 Å². The Hall–Kier alpha value is -3.10. The first-order chi connectivity index (χ1) is 14.3. The first kappa shape index (κ1) is 18.9. The summed E-state index contributed by atoms with van der Waals surface area (Å²) >= 11 is 0. The summed E-state index contributed by atoms with van der Waals surface area (Å²) < 4.78 is 40.1. The average molecular weight is 423 g/mol. The number of nitrogens with zero attached hydrogens (tertiary/aromatic N) is 3. The number of sulfone groups is 1. The van der Waals surface area contributed by atoms with E-state index in [2.05, 4.69) is 9.97 Å². The van der Waals surface area contributed by atoms with Crippen LogP contribution >= 0.6 is 0 Å². The van der Waals surface area contributed by atoms with E-state index in [1.165, 1.54) is 18.3 Å². The van der Waals surface area contributed by atoms with Crippen molar-refractivity contribution in [3.05, 3.63) is 78.0 Å². The molecular formula is C22H18FN3O3S. The number of pyridine rings is 1. The van der Waals surface area contributed by atoms with Crippen LogP contribution in [0.25, 0.3) is 22.2 Å². The van der Waals surface area contributed by atoms with Gasteiger partial charge >= 0.3 is 0 Å². The molecule has 0 aliphatic carbocycles. The number of imidazole rings is 1.